The van der Waals surface area contributed by atoms with E-state index >= 15 is 0 Å². The molecule has 2 aromatic carbocycles. The average Bonchev–Trinajstić information content (AvgIpc) is 3.03. The van der Waals surface area contributed by atoms with Gasteiger partial charge in [0.05, 0.1) is 5.69 Å². The van der Waals surface area contributed by atoms with Crippen LogP contribution in [0.4, 0.5) is 5.69 Å². The first-order valence-corrected chi connectivity index (χ1v) is 11.9. The Bertz CT molecular complexity index is 979. The average molecular weight is 487 g/mol. The van der Waals surface area contributed by atoms with Crippen LogP contribution in [0.15, 0.2) is 65.6 Å². The molecule has 0 unspecified atom stereocenters. The molecular weight excluding hydrogens is 456 g/mol. The quantitative estimate of drug-likeness (QED) is 0.364. The molecular formula is C25H30N2O6S. The Morgan fingerprint density at radius 3 is 2.50 bits per heavy atom. The van der Waals surface area contributed by atoms with Crippen LogP contribution < -0.4 is 15.0 Å². The maximum atomic E-state index is 12.7. The largest absolute Gasteiger partial charge is 0.492 e. The monoisotopic (exact) mass is 486 g/mol. The van der Waals surface area contributed by atoms with Crippen molar-refractivity contribution in [2.75, 3.05) is 36.9 Å². The minimum atomic E-state index is -1.26. The number of nitrogens with zero attached hydrogens (tertiary/aromatic N) is 1. The Hall–Kier alpha value is -3.30. The fourth-order valence-corrected chi connectivity index (χ4v) is 4.12. The van der Waals surface area contributed by atoms with Crippen LogP contribution >= 0.6 is 11.8 Å². The molecule has 0 spiro atoms. The van der Waals surface area contributed by atoms with E-state index in [1.54, 1.807) is 0 Å². The van der Waals surface area contributed by atoms with Gasteiger partial charge in [-0.2, -0.15) is 0 Å². The number of rotatable bonds is 9. The zero-order valence-electron chi connectivity index (χ0n) is 19.1. The van der Waals surface area contributed by atoms with Gasteiger partial charge in [0.25, 0.3) is 0 Å². The Morgan fingerprint density at radius 1 is 1.06 bits per heavy atom. The first-order valence-electron chi connectivity index (χ1n) is 10.9. The maximum Gasteiger partial charge on any atom is 0.328 e. The van der Waals surface area contributed by atoms with Crippen molar-refractivity contribution in [2.45, 2.75) is 24.7 Å². The van der Waals surface area contributed by atoms with Crippen molar-refractivity contribution in [2.24, 2.45) is 0 Å². The number of nitrogens with one attached hydrogen (secondary N) is 1. The molecule has 3 rings (SSSR count). The molecule has 3 N–H and O–H groups in total. The van der Waals surface area contributed by atoms with Crippen LogP contribution in [0.1, 0.15) is 18.4 Å². The van der Waals surface area contributed by atoms with Gasteiger partial charge in [0.15, 0.2) is 0 Å². The molecule has 1 aliphatic rings. The first kappa shape index (κ1) is 26.9. The van der Waals surface area contributed by atoms with Crippen LogP contribution in [0.2, 0.25) is 0 Å². The van der Waals surface area contributed by atoms with Crippen molar-refractivity contribution in [1.82, 2.24) is 5.32 Å². The number of carbonyl (C=O) groups excluding carboxylic acids is 1. The molecule has 0 fully saturated rings. The summed E-state index contributed by atoms with van der Waals surface area (Å²) in [5.74, 6) is -0.372. The molecule has 1 amide bonds. The van der Waals surface area contributed by atoms with E-state index in [-0.39, 0.29) is 5.91 Å². The lowest BCUT2D eigenvalue weighted by atomic mass is 10.2. The summed E-state index contributed by atoms with van der Waals surface area (Å²) >= 11 is 1.84. The van der Waals surface area contributed by atoms with Crippen LogP contribution in [0.3, 0.4) is 0 Å². The van der Waals surface area contributed by atoms with Gasteiger partial charge in [0, 0.05) is 43.1 Å². The van der Waals surface area contributed by atoms with Gasteiger partial charge in [-0.1, -0.05) is 24.3 Å². The maximum absolute atomic E-state index is 12.7. The van der Waals surface area contributed by atoms with E-state index < -0.39 is 11.9 Å². The Labute approximate surface area is 203 Å². The highest BCUT2D eigenvalue weighted by Crippen LogP contribution is 2.33. The third-order valence-electron chi connectivity index (χ3n) is 4.66. The van der Waals surface area contributed by atoms with Crippen LogP contribution in [0, 0.1) is 6.92 Å². The predicted octanol–water partition coefficient (Wildman–Crippen LogP) is 3.59. The SMILES string of the molecule is Cc1cccc(OCCNCCC(=O)N2CCCSc3ccccc32)c1.O=C(O)C=CC(=O)O. The lowest BCUT2D eigenvalue weighted by Crippen LogP contribution is -2.34. The highest BCUT2D eigenvalue weighted by atomic mass is 32.2. The van der Waals surface area contributed by atoms with Crippen molar-refractivity contribution in [1.29, 1.82) is 0 Å². The lowest BCUT2D eigenvalue weighted by molar-refractivity contribution is -0.134. The number of hydrogen-bond donors (Lipinski definition) is 3. The number of aryl methyl sites for hydroxylation is 1. The fraction of sp³-hybridized carbons (Fsp3) is 0.320. The fourth-order valence-electron chi connectivity index (χ4n) is 3.13. The number of hydrogen-bond acceptors (Lipinski definition) is 6. The van der Waals surface area contributed by atoms with Gasteiger partial charge < -0.3 is 25.2 Å². The number of amides is 1. The number of fused-ring (bicyclic) bond motifs is 1. The van der Waals surface area contributed by atoms with Gasteiger partial charge in [-0.25, -0.2) is 9.59 Å². The van der Waals surface area contributed by atoms with Gasteiger partial charge in [0.2, 0.25) is 5.91 Å². The number of aliphatic carboxylic acids is 2. The van der Waals surface area contributed by atoms with E-state index in [1.807, 2.05) is 47.0 Å². The van der Waals surface area contributed by atoms with Crippen LogP contribution in [-0.2, 0) is 14.4 Å². The van der Waals surface area contributed by atoms with E-state index in [0.717, 1.165) is 36.7 Å². The number of ether oxygens (including phenoxy) is 1. The summed E-state index contributed by atoms with van der Waals surface area (Å²) in [6, 6.07) is 16.2. The number of anilines is 1. The number of benzene rings is 2. The van der Waals surface area contributed by atoms with Crippen LogP contribution in [0.5, 0.6) is 5.75 Å². The zero-order valence-corrected chi connectivity index (χ0v) is 19.9. The third kappa shape index (κ3) is 10.1. The Balaban J connectivity index is 0.000000440. The first-order chi connectivity index (χ1) is 16.4. The van der Waals surface area contributed by atoms with Crippen LogP contribution in [0.25, 0.3) is 0 Å². The molecule has 0 saturated carbocycles. The molecule has 1 heterocycles. The normalized spacial score (nSPS) is 12.8. The van der Waals surface area contributed by atoms with E-state index in [2.05, 4.69) is 30.4 Å². The minimum absolute atomic E-state index is 0.187. The van der Waals surface area contributed by atoms with Gasteiger partial charge in [-0.15, -0.1) is 11.8 Å². The number of para-hydroxylation sites is 1. The molecule has 2 aromatic rings. The second-order valence-electron chi connectivity index (χ2n) is 7.39. The second kappa shape index (κ2) is 14.8. The number of thioether (sulfide) groups is 1. The van der Waals surface area contributed by atoms with Gasteiger partial charge in [-0.05, 0) is 48.9 Å². The van der Waals surface area contributed by atoms with E-state index in [0.29, 0.717) is 31.7 Å². The molecule has 8 nitrogen and oxygen atoms in total. The molecule has 0 saturated heterocycles. The highest BCUT2D eigenvalue weighted by Gasteiger charge is 2.20. The summed E-state index contributed by atoms with van der Waals surface area (Å²) in [5, 5.41) is 18.9. The van der Waals surface area contributed by atoms with Crippen molar-refractivity contribution in [3.8, 4) is 5.75 Å². The summed E-state index contributed by atoms with van der Waals surface area (Å²) in [5.41, 5.74) is 2.25. The summed E-state index contributed by atoms with van der Waals surface area (Å²) < 4.78 is 5.71. The third-order valence-corrected chi connectivity index (χ3v) is 5.81. The number of carboxylic acids is 2. The molecule has 1 aliphatic heterocycles. The predicted molar refractivity (Wildman–Crippen MR) is 133 cm³/mol. The minimum Gasteiger partial charge on any atom is -0.492 e. The number of carboxylic acid groups (broad SMARTS) is 2. The molecule has 0 atom stereocenters. The molecule has 9 heteroatoms. The molecule has 0 radical (unpaired) electrons. The van der Waals surface area contributed by atoms with Crippen molar-refractivity contribution in [3.63, 3.8) is 0 Å². The summed E-state index contributed by atoms with van der Waals surface area (Å²) in [7, 11) is 0. The van der Waals surface area contributed by atoms with E-state index in [9.17, 15) is 14.4 Å². The van der Waals surface area contributed by atoms with Gasteiger partial charge >= 0.3 is 11.9 Å². The molecule has 182 valence electrons. The van der Waals surface area contributed by atoms with Gasteiger partial charge in [-0.3, -0.25) is 4.79 Å². The second-order valence-corrected chi connectivity index (χ2v) is 8.53. The van der Waals surface area contributed by atoms with Crippen molar-refractivity contribution in [3.05, 3.63) is 66.2 Å². The Morgan fingerprint density at radius 2 is 1.79 bits per heavy atom. The highest BCUT2D eigenvalue weighted by molar-refractivity contribution is 7.99. The lowest BCUT2D eigenvalue weighted by Gasteiger charge is -2.22. The molecule has 0 bridgehead atoms. The topological polar surface area (TPSA) is 116 Å². The van der Waals surface area contributed by atoms with Crippen molar-refractivity contribution >= 4 is 35.3 Å². The number of carbonyl (C=O) groups is 3. The smallest absolute Gasteiger partial charge is 0.328 e. The standard InChI is InChI=1S/C21H26N2O2S.C4H4O4/c1-17-6-4-7-18(16-17)25-14-12-22-11-10-21(24)23-13-5-15-26-20-9-3-2-8-19(20)23;5-3(6)1-2-4(7)8/h2-4,6-9,16,22H,5,10-15H2,1H3;1-2H,(H,5,6)(H,7,8). The van der Waals surface area contributed by atoms with E-state index in [4.69, 9.17) is 14.9 Å². The molecule has 34 heavy (non-hydrogen) atoms. The summed E-state index contributed by atoms with van der Waals surface area (Å²) in [6.45, 7) is 4.85. The summed E-state index contributed by atoms with van der Waals surface area (Å²) in [4.78, 5) is 34.9. The Kier molecular flexibility index (Phi) is 11.7. The summed E-state index contributed by atoms with van der Waals surface area (Å²) in [6.07, 6.45) is 2.65. The van der Waals surface area contributed by atoms with Crippen LogP contribution in [-0.4, -0.2) is 60.1 Å². The molecule has 0 aromatic heterocycles. The van der Waals surface area contributed by atoms with Crippen molar-refractivity contribution < 1.29 is 29.3 Å². The zero-order chi connectivity index (χ0) is 24.8. The van der Waals surface area contributed by atoms with Gasteiger partial charge in [0.1, 0.15) is 12.4 Å². The van der Waals surface area contributed by atoms with E-state index in [1.165, 1.54) is 10.5 Å². The molecule has 0 aliphatic carbocycles.